The lowest BCUT2D eigenvalue weighted by molar-refractivity contribution is -0.123. The summed E-state index contributed by atoms with van der Waals surface area (Å²) >= 11 is 22.5. The van der Waals surface area contributed by atoms with Crippen molar-refractivity contribution < 1.29 is 14.3 Å². The molecule has 0 unspecified atom stereocenters. The average Bonchev–Trinajstić information content (AvgIpc) is 3.03. The molecule has 1 heterocycles. The first kappa shape index (κ1) is 24.2. The first-order chi connectivity index (χ1) is 15.8. The summed E-state index contributed by atoms with van der Waals surface area (Å²) in [5.41, 5.74) is 2.25. The van der Waals surface area contributed by atoms with Gasteiger partial charge in [0.2, 0.25) is 0 Å². The van der Waals surface area contributed by atoms with Gasteiger partial charge in [-0.05, 0) is 65.9 Å². The predicted octanol–water partition coefficient (Wildman–Crippen LogP) is 8.22. The molecule has 1 fully saturated rings. The van der Waals surface area contributed by atoms with Crippen molar-refractivity contribution in [3.8, 4) is 5.75 Å². The van der Waals surface area contributed by atoms with Crippen LogP contribution in [0.4, 0.5) is 4.79 Å². The molecule has 0 N–H and O–H groups in total. The molecule has 0 aliphatic carbocycles. The minimum absolute atomic E-state index is 0.177. The van der Waals surface area contributed by atoms with Crippen molar-refractivity contribution in [2.24, 2.45) is 0 Å². The maximum absolute atomic E-state index is 13.0. The largest absolute Gasteiger partial charge is 0.488 e. The van der Waals surface area contributed by atoms with Crippen molar-refractivity contribution in [2.75, 3.05) is 0 Å². The van der Waals surface area contributed by atoms with E-state index in [-0.39, 0.29) is 24.3 Å². The van der Waals surface area contributed by atoms with Gasteiger partial charge in [-0.1, -0.05) is 68.9 Å². The van der Waals surface area contributed by atoms with Gasteiger partial charge in [0.05, 0.1) is 11.4 Å². The molecule has 0 aromatic heterocycles. The number of amides is 2. The van der Waals surface area contributed by atoms with Crippen LogP contribution in [0.25, 0.3) is 6.08 Å². The molecule has 1 aliphatic heterocycles. The molecule has 1 saturated heterocycles. The molecule has 1 aliphatic rings. The van der Waals surface area contributed by atoms with Crippen molar-refractivity contribution in [2.45, 2.75) is 13.2 Å². The summed E-state index contributed by atoms with van der Waals surface area (Å²) < 4.78 is 6.79. The fourth-order valence-corrected chi connectivity index (χ4v) is 4.90. The van der Waals surface area contributed by atoms with E-state index < -0.39 is 0 Å². The maximum Gasteiger partial charge on any atom is 0.293 e. The molecule has 0 spiro atoms. The van der Waals surface area contributed by atoms with Gasteiger partial charge in [0, 0.05) is 30.7 Å². The number of nitrogens with zero attached hydrogens (tertiary/aromatic N) is 1. The predicted molar refractivity (Wildman–Crippen MR) is 138 cm³/mol. The van der Waals surface area contributed by atoms with E-state index in [4.69, 9.17) is 39.5 Å². The SMILES string of the molecule is O=C1S/C(=C\c2cc(Br)ccc2OCc2ccc(Cl)cc2Cl)C(=O)N1Cc1ccc(Cl)cc1. The number of benzene rings is 3. The highest BCUT2D eigenvalue weighted by Gasteiger charge is 2.35. The Morgan fingerprint density at radius 3 is 2.39 bits per heavy atom. The fraction of sp³-hybridized carbons (Fsp3) is 0.0833. The second kappa shape index (κ2) is 10.5. The molecule has 4 nitrogen and oxygen atoms in total. The summed E-state index contributed by atoms with van der Waals surface area (Å²) in [6.07, 6.45) is 1.66. The summed E-state index contributed by atoms with van der Waals surface area (Å²) in [5, 5.41) is 1.31. The van der Waals surface area contributed by atoms with E-state index in [2.05, 4.69) is 15.9 Å². The fourth-order valence-electron chi connectivity index (χ4n) is 3.11. The zero-order valence-electron chi connectivity index (χ0n) is 16.9. The van der Waals surface area contributed by atoms with Gasteiger partial charge in [0.15, 0.2) is 0 Å². The van der Waals surface area contributed by atoms with E-state index in [1.54, 1.807) is 54.6 Å². The van der Waals surface area contributed by atoms with Crippen LogP contribution in [0.1, 0.15) is 16.7 Å². The number of carbonyl (C=O) groups is 2. The molecule has 0 atom stereocenters. The van der Waals surface area contributed by atoms with Crippen molar-refractivity contribution in [1.29, 1.82) is 0 Å². The molecule has 4 rings (SSSR count). The summed E-state index contributed by atoms with van der Waals surface area (Å²) in [7, 11) is 0. The van der Waals surface area contributed by atoms with Crippen LogP contribution in [0.3, 0.4) is 0 Å². The molecular weight excluding hydrogens is 569 g/mol. The van der Waals surface area contributed by atoms with Gasteiger partial charge >= 0.3 is 0 Å². The molecule has 3 aromatic carbocycles. The topological polar surface area (TPSA) is 46.6 Å². The van der Waals surface area contributed by atoms with Crippen LogP contribution < -0.4 is 4.74 Å². The summed E-state index contributed by atoms with van der Waals surface area (Å²) in [6, 6.07) is 17.7. The highest BCUT2D eigenvalue weighted by atomic mass is 79.9. The van der Waals surface area contributed by atoms with E-state index >= 15 is 0 Å². The van der Waals surface area contributed by atoms with Gasteiger partial charge in [-0.3, -0.25) is 14.5 Å². The van der Waals surface area contributed by atoms with E-state index in [0.717, 1.165) is 27.4 Å². The standard InChI is InChI=1S/C24H15BrCl3NO3S/c25-17-4-8-21(32-13-15-3-7-19(27)11-20(15)28)16(9-17)10-22-23(30)29(24(31)33-22)12-14-1-5-18(26)6-2-14/h1-11H,12-13H2/b22-10-. The molecule has 168 valence electrons. The number of ether oxygens (including phenoxy) is 1. The Morgan fingerprint density at radius 1 is 0.939 bits per heavy atom. The van der Waals surface area contributed by atoms with Crippen LogP contribution in [0.2, 0.25) is 15.1 Å². The first-order valence-corrected chi connectivity index (χ1v) is 12.4. The number of halogens is 4. The third-order valence-electron chi connectivity index (χ3n) is 4.78. The molecule has 3 aromatic rings. The first-order valence-electron chi connectivity index (χ1n) is 9.66. The molecule has 2 amide bonds. The number of carbonyl (C=O) groups excluding carboxylic acids is 2. The van der Waals surface area contributed by atoms with Gasteiger partial charge in [0.25, 0.3) is 11.1 Å². The Bertz CT molecular complexity index is 1260. The van der Waals surface area contributed by atoms with Crippen molar-refractivity contribution in [1.82, 2.24) is 4.90 Å². The minimum Gasteiger partial charge on any atom is -0.488 e. The van der Waals surface area contributed by atoms with E-state index in [0.29, 0.717) is 31.3 Å². The van der Waals surface area contributed by atoms with Gasteiger partial charge in [-0.25, -0.2) is 0 Å². The number of hydrogen-bond acceptors (Lipinski definition) is 4. The maximum atomic E-state index is 13.0. The second-order valence-corrected chi connectivity index (χ2v) is 10.3. The second-order valence-electron chi connectivity index (χ2n) is 7.10. The quantitative estimate of drug-likeness (QED) is 0.274. The number of thioether (sulfide) groups is 1. The zero-order valence-corrected chi connectivity index (χ0v) is 21.5. The number of imide groups is 1. The summed E-state index contributed by atoms with van der Waals surface area (Å²) in [4.78, 5) is 27.0. The zero-order chi connectivity index (χ0) is 23.5. The van der Waals surface area contributed by atoms with Gasteiger partial charge in [0.1, 0.15) is 12.4 Å². The lowest BCUT2D eigenvalue weighted by atomic mass is 10.1. The van der Waals surface area contributed by atoms with Crippen molar-refractivity contribution >= 4 is 79.7 Å². The smallest absolute Gasteiger partial charge is 0.293 e. The number of hydrogen-bond donors (Lipinski definition) is 0. The molecule has 9 heteroatoms. The monoisotopic (exact) mass is 581 g/mol. The molecule has 33 heavy (non-hydrogen) atoms. The third-order valence-corrected chi connectivity index (χ3v) is 7.02. The van der Waals surface area contributed by atoms with Crippen LogP contribution in [-0.2, 0) is 17.9 Å². The average molecular weight is 584 g/mol. The van der Waals surface area contributed by atoms with Gasteiger partial charge in [-0.2, -0.15) is 0 Å². The highest BCUT2D eigenvalue weighted by Crippen LogP contribution is 2.36. The Balaban J connectivity index is 1.55. The van der Waals surface area contributed by atoms with E-state index in [1.165, 1.54) is 4.90 Å². The Kier molecular flexibility index (Phi) is 7.72. The van der Waals surface area contributed by atoms with Crippen LogP contribution in [-0.4, -0.2) is 16.0 Å². The lowest BCUT2D eigenvalue weighted by Gasteiger charge is -2.13. The molecular formula is C24H15BrCl3NO3S. The van der Waals surface area contributed by atoms with Gasteiger partial charge < -0.3 is 4.74 Å². The minimum atomic E-state index is -0.355. The van der Waals surface area contributed by atoms with Gasteiger partial charge in [-0.15, -0.1) is 0 Å². The lowest BCUT2D eigenvalue weighted by Crippen LogP contribution is -2.27. The van der Waals surface area contributed by atoms with E-state index in [9.17, 15) is 9.59 Å². The summed E-state index contributed by atoms with van der Waals surface area (Å²) in [6.45, 7) is 0.395. The normalized spacial score (nSPS) is 14.9. The highest BCUT2D eigenvalue weighted by molar-refractivity contribution is 9.10. The molecule has 0 radical (unpaired) electrons. The Labute approximate surface area is 218 Å². The third kappa shape index (κ3) is 5.94. The van der Waals surface area contributed by atoms with Crippen LogP contribution >= 0.6 is 62.5 Å². The number of rotatable bonds is 6. The van der Waals surface area contributed by atoms with Crippen molar-refractivity contribution in [3.05, 3.63) is 102 Å². The van der Waals surface area contributed by atoms with Crippen molar-refractivity contribution in [3.63, 3.8) is 0 Å². The van der Waals surface area contributed by atoms with E-state index in [1.807, 2.05) is 12.1 Å². The molecule has 0 saturated carbocycles. The molecule has 0 bridgehead atoms. The summed E-state index contributed by atoms with van der Waals surface area (Å²) in [5.74, 6) is 0.195. The Hall–Kier alpha value is -1.96. The van der Waals surface area contributed by atoms with Crippen LogP contribution in [0.5, 0.6) is 5.75 Å². The van der Waals surface area contributed by atoms with Crippen LogP contribution in [0, 0.1) is 0 Å². The Morgan fingerprint density at radius 2 is 1.67 bits per heavy atom. The van der Waals surface area contributed by atoms with Crippen LogP contribution in [0.15, 0.2) is 70.0 Å².